The van der Waals surface area contributed by atoms with Crippen LogP contribution in [-0.4, -0.2) is 45.8 Å². The van der Waals surface area contributed by atoms with Crippen molar-refractivity contribution in [3.8, 4) is 5.75 Å². The molecule has 2 aromatic carbocycles. The topological polar surface area (TPSA) is 106 Å². The summed E-state index contributed by atoms with van der Waals surface area (Å²) in [7, 11) is -2.04. The van der Waals surface area contributed by atoms with Gasteiger partial charge in [-0.2, -0.15) is 0 Å². The Labute approximate surface area is 193 Å². The fraction of sp³-hybridized carbons (Fsp3) is 0.273. The van der Waals surface area contributed by atoms with Gasteiger partial charge in [-0.1, -0.05) is 12.1 Å². The number of nitrogens with one attached hydrogen (secondary N) is 3. The molecule has 0 spiro atoms. The lowest BCUT2D eigenvalue weighted by Gasteiger charge is -2.12. The number of thiocarbonyl (C=S) groups is 1. The standard InChI is InChI=1S/C22H25N3O5S2/c1-29-18-9-4-16(5-10-18)6-13-21(26)25-22(31)24-17-7-11-20(12-8-17)32(27,28)23-15-19-3-2-14-30-19/h4-13,19,23H,2-3,14-15H2,1H3,(H2,24,25,26,31)/b13-6+. The maximum Gasteiger partial charge on any atom is 0.250 e. The number of carbonyl (C=O) groups excluding carboxylic acids is 1. The molecule has 3 N–H and O–H groups in total. The molecule has 1 aliphatic heterocycles. The van der Waals surface area contributed by atoms with Gasteiger partial charge in [0, 0.05) is 24.9 Å². The van der Waals surface area contributed by atoms with Crippen molar-refractivity contribution in [1.29, 1.82) is 0 Å². The summed E-state index contributed by atoms with van der Waals surface area (Å²) in [5.74, 6) is 0.338. The summed E-state index contributed by atoms with van der Waals surface area (Å²) in [6, 6.07) is 13.3. The molecule has 1 amide bonds. The summed E-state index contributed by atoms with van der Waals surface area (Å²) in [4.78, 5) is 12.2. The molecule has 0 aromatic heterocycles. The van der Waals surface area contributed by atoms with Gasteiger partial charge in [-0.15, -0.1) is 0 Å². The summed E-state index contributed by atoms with van der Waals surface area (Å²) >= 11 is 5.15. The molecule has 2 aromatic rings. The van der Waals surface area contributed by atoms with Crippen molar-refractivity contribution in [3.05, 3.63) is 60.2 Å². The first-order valence-electron chi connectivity index (χ1n) is 10.0. The Balaban J connectivity index is 1.49. The fourth-order valence-corrected chi connectivity index (χ4v) is 4.30. The molecular weight excluding hydrogens is 450 g/mol. The van der Waals surface area contributed by atoms with Crippen LogP contribution in [0.15, 0.2) is 59.5 Å². The van der Waals surface area contributed by atoms with Crippen molar-refractivity contribution in [2.45, 2.75) is 23.8 Å². The number of carbonyl (C=O) groups is 1. The highest BCUT2D eigenvalue weighted by Gasteiger charge is 2.20. The highest BCUT2D eigenvalue weighted by molar-refractivity contribution is 7.89. The predicted octanol–water partition coefficient (Wildman–Crippen LogP) is 2.68. The Hall–Kier alpha value is -2.79. The van der Waals surface area contributed by atoms with Gasteiger partial charge in [-0.25, -0.2) is 13.1 Å². The quantitative estimate of drug-likeness (QED) is 0.398. The second-order valence-corrected chi connectivity index (χ2v) is 9.24. The molecule has 0 saturated carbocycles. The van der Waals surface area contributed by atoms with E-state index in [1.165, 1.54) is 18.2 Å². The first-order chi connectivity index (χ1) is 15.4. The SMILES string of the molecule is COc1ccc(/C=C/C(=O)NC(=S)Nc2ccc(S(=O)(=O)NCC3CCCO3)cc2)cc1. The molecule has 1 unspecified atom stereocenters. The van der Waals surface area contributed by atoms with Crippen LogP contribution in [0, 0.1) is 0 Å². The fourth-order valence-electron chi connectivity index (χ4n) is 3.01. The second kappa shape index (κ2) is 11.2. The summed E-state index contributed by atoms with van der Waals surface area (Å²) in [6.07, 6.45) is 4.74. The Morgan fingerprint density at radius 3 is 2.53 bits per heavy atom. The highest BCUT2D eigenvalue weighted by atomic mass is 32.2. The Morgan fingerprint density at radius 1 is 1.19 bits per heavy atom. The molecule has 1 atom stereocenters. The van der Waals surface area contributed by atoms with Crippen LogP contribution in [0.4, 0.5) is 5.69 Å². The third kappa shape index (κ3) is 7.13. The largest absolute Gasteiger partial charge is 0.497 e. The minimum absolute atomic E-state index is 0.0783. The number of amides is 1. The number of anilines is 1. The van der Waals surface area contributed by atoms with E-state index >= 15 is 0 Å². The number of rotatable bonds is 8. The van der Waals surface area contributed by atoms with E-state index in [4.69, 9.17) is 21.7 Å². The molecule has 10 heteroatoms. The molecule has 0 bridgehead atoms. The van der Waals surface area contributed by atoms with Crippen molar-refractivity contribution < 1.29 is 22.7 Å². The minimum Gasteiger partial charge on any atom is -0.497 e. The first-order valence-corrected chi connectivity index (χ1v) is 11.9. The number of hydrogen-bond donors (Lipinski definition) is 3. The van der Waals surface area contributed by atoms with Gasteiger partial charge in [-0.3, -0.25) is 10.1 Å². The molecular formula is C22H25N3O5S2. The van der Waals surface area contributed by atoms with Crippen LogP contribution in [0.3, 0.4) is 0 Å². The Morgan fingerprint density at radius 2 is 1.91 bits per heavy atom. The lowest BCUT2D eigenvalue weighted by molar-refractivity contribution is -0.115. The second-order valence-electron chi connectivity index (χ2n) is 7.06. The van der Waals surface area contributed by atoms with Gasteiger partial charge in [0.15, 0.2) is 5.11 Å². The molecule has 1 fully saturated rings. The van der Waals surface area contributed by atoms with E-state index in [2.05, 4.69) is 15.4 Å². The van der Waals surface area contributed by atoms with E-state index < -0.39 is 15.9 Å². The van der Waals surface area contributed by atoms with Gasteiger partial charge in [0.1, 0.15) is 5.75 Å². The van der Waals surface area contributed by atoms with Gasteiger partial charge < -0.3 is 14.8 Å². The van der Waals surface area contributed by atoms with E-state index in [-0.39, 0.29) is 22.7 Å². The van der Waals surface area contributed by atoms with E-state index in [9.17, 15) is 13.2 Å². The summed E-state index contributed by atoms with van der Waals surface area (Å²) < 4.78 is 37.9. The Bertz CT molecular complexity index is 1060. The molecule has 1 heterocycles. The van der Waals surface area contributed by atoms with Crippen molar-refractivity contribution >= 4 is 45.0 Å². The molecule has 3 rings (SSSR count). The number of benzene rings is 2. The van der Waals surface area contributed by atoms with Crippen LogP contribution in [0.25, 0.3) is 6.08 Å². The molecule has 0 aliphatic carbocycles. The van der Waals surface area contributed by atoms with Crippen LogP contribution in [0.5, 0.6) is 5.75 Å². The van der Waals surface area contributed by atoms with Crippen LogP contribution >= 0.6 is 12.2 Å². The zero-order valence-electron chi connectivity index (χ0n) is 17.5. The molecule has 1 aliphatic rings. The highest BCUT2D eigenvalue weighted by Crippen LogP contribution is 2.16. The van der Waals surface area contributed by atoms with Crippen LogP contribution in [0.2, 0.25) is 0 Å². The summed E-state index contributed by atoms with van der Waals surface area (Å²) in [6.45, 7) is 0.920. The minimum atomic E-state index is -3.63. The lowest BCUT2D eigenvalue weighted by atomic mass is 10.2. The number of hydrogen-bond acceptors (Lipinski definition) is 6. The van der Waals surface area contributed by atoms with Crippen molar-refractivity contribution in [2.24, 2.45) is 0 Å². The van der Waals surface area contributed by atoms with Gasteiger partial charge in [0.05, 0.1) is 18.1 Å². The average Bonchev–Trinajstić information content (AvgIpc) is 3.31. The molecule has 0 radical (unpaired) electrons. The summed E-state index contributed by atoms with van der Waals surface area (Å²) in [5.41, 5.74) is 1.39. The molecule has 8 nitrogen and oxygen atoms in total. The number of ether oxygens (including phenoxy) is 2. The predicted molar refractivity (Wildman–Crippen MR) is 127 cm³/mol. The first kappa shape index (κ1) is 23.9. The molecule has 170 valence electrons. The normalized spacial score (nSPS) is 16.1. The third-order valence-corrected chi connectivity index (χ3v) is 6.37. The van der Waals surface area contributed by atoms with Crippen molar-refractivity contribution in [2.75, 3.05) is 25.6 Å². The van der Waals surface area contributed by atoms with E-state index in [1.54, 1.807) is 37.5 Å². The van der Waals surface area contributed by atoms with Gasteiger partial charge in [0.25, 0.3) is 0 Å². The van der Waals surface area contributed by atoms with Gasteiger partial charge >= 0.3 is 0 Å². The maximum absolute atomic E-state index is 12.4. The summed E-state index contributed by atoms with van der Waals surface area (Å²) in [5, 5.41) is 5.50. The van der Waals surface area contributed by atoms with Gasteiger partial charge in [-0.05, 0) is 73.1 Å². The lowest BCUT2D eigenvalue weighted by Crippen LogP contribution is -2.33. The van der Waals surface area contributed by atoms with Crippen LogP contribution < -0.4 is 20.1 Å². The zero-order valence-corrected chi connectivity index (χ0v) is 19.2. The Kier molecular flexibility index (Phi) is 8.34. The smallest absolute Gasteiger partial charge is 0.250 e. The van der Waals surface area contributed by atoms with E-state index in [0.717, 1.165) is 24.2 Å². The van der Waals surface area contributed by atoms with Gasteiger partial charge in [0.2, 0.25) is 15.9 Å². The molecule has 1 saturated heterocycles. The van der Waals surface area contributed by atoms with E-state index in [0.29, 0.717) is 12.3 Å². The number of sulfonamides is 1. The van der Waals surface area contributed by atoms with E-state index in [1.807, 2.05) is 12.1 Å². The number of methoxy groups -OCH3 is 1. The van der Waals surface area contributed by atoms with Crippen LogP contribution in [-0.2, 0) is 19.6 Å². The monoisotopic (exact) mass is 475 g/mol. The maximum atomic E-state index is 12.4. The molecule has 32 heavy (non-hydrogen) atoms. The van der Waals surface area contributed by atoms with Crippen molar-refractivity contribution in [3.63, 3.8) is 0 Å². The third-order valence-electron chi connectivity index (χ3n) is 4.73. The zero-order chi connectivity index (χ0) is 23.0. The van der Waals surface area contributed by atoms with Crippen LogP contribution in [0.1, 0.15) is 18.4 Å². The average molecular weight is 476 g/mol. The van der Waals surface area contributed by atoms with Crippen molar-refractivity contribution in [1.82, 2.24) is 10.0 Å².